The summed E-state index contributed by atoms with van der Waals surface area (Å²) in [6.45, 7) is 4.62. The molecule has 0 unspecified atom stereocenters. The number of nitrogens with zero attached hydrogens (tertiary/aromatic N) is 1. The van der Waals surface area contributed by atoms with Gasteiger partial charge in [-0.05, 0) is 43.2 Å². The minimum atomic E-state index is -0.111. The molecule has 2 aromatic rings. The van der Waals surface area contributed by atoms with Gasteiger partial charge in [0.1, 0.15) is 6.07 Å². The molecule has 0 aliphatic rings. The van der Waals surface area contributed by atoms with Gasteiger partial charge < -0.3 is 10.6 Å². The number of rotatable bonds is 5. The van der Waals surface area contributed by atoms with Gasteiger partial charge in [0.05, 0.1) is 11.3 Å². The monoisotopic (exact) mass is 293 g/mol. The van der Waals surface area contributed by atoms with Gasteiger partial charge in [-0.15, -0.1) is 0 Å². The average molecular weight is 293 g/mol. The molecule has 4 nitrogen and oxygen atoms in total. The molecule has 1 amide bonds. The molecule has 2 rings (SSSR count). The fourth-order valence-corrected chi connectivity index (χ4v) is 2.14. The second-order valence-corrected chi connectivity index (χ2v) is 5.20. The standard InChI is InChI=1S/C18H19N3O/c1-13-7-8-14(2)17(11-13)20-10-9-18(22)21-16-6-4-3-5-15(16)12-19/h3-8,11,20H,9-10H2,1-2H3,(H,21,22). The Kier molecular flexibility index (Phi) is 5.16. The first kappa shape index (κ1) is 15.6. The first-order valence-corrected chi connectivity index (χ1v) is 7.20. The maximum atomic E-state index is 12.0. The van der Waals surface area contributed by atoms with Crippen LogP contribution in [0.1, 0.15) is 23.1 Å². The summed E-state index contributed by atoms with van der Waals surface area (Å²) in [7, 11) is 0. The van der Waals surface area contributed by atoms with Gasteiger partial charge in [0.2, 0.25) is 5.91 Å². The minimum absolute atomic E-state index is 0.111. The van der Waals surface area contributed by atoms with Crippen LogP contribution in [0.3, 0.4) is 0 Å². The van der Waals surface area contributed by atoms with E-state index >= 15 is 0 Å². The number of carbonyl (C=O) groups is 1. The van der Waals surface area contributed by atoms with Crippen molar-refractivity contribution in [1.29, 1.82) is 5.26 Å². The van der Waals surface area contributed by atoms with Crippen LogP contribution in [0, 0.1) is 25.2 Å². The van der Waals surface area contributed by atoms with E-state index in [1.165, 1.54) is 5.56 Å². The summed E-state index contributed by atoms with van der Waals surface area (Å²) in [4.78, 5) is 12.0. The molecule has 0 bridgehead atoms. The minimum Gasteiger partial charge on any atom is -0.384 e. The van der Waals surface area contributed by atoms with Crippen molar-refractivity contribution in [3.8, 4) is 6.07 Å². The SMILES string of the molecule is Cc1ccc(C)c(NCCC(=O)Nc2ccccc2C#N)c1. The highest BCUT2D eigenvalue weighted by atomic mass is 16.1. The molecule has 0 aliphatic heterocycles. The van der Waals surface area contributed by atoms with Crippen molar-refractivity contribution in [2.24, 2.45) is 0 Å². The molecule has 0 aromatic heterocycles. The van der Waals surface area contributed by atoms with E-state index in [4.69, 9.17) is 5.26 Å². The molecular weight excluding hydrogens is 274 g/mol. The van der Waals surface area contributed by atoms with E-state index in [1.54, 1.807) is 24.3 Å². The van der Waals surface area contributed by atoms with Crippen molar-refractivity contribution in [2.45, 2.75) is 20.3 Å². The smallest absolute Gasteiger partial charge is 0.226 e. The summed E-state index contributed by atoms with van der Waals surface area (Å²) in [5.41, 5.74) is 4.41. The van der Waals surface area contributed by atoms with E-state index in [1.807, 2.05) is 13.8 Å². The highest BCUT2D eigenvalue weighted by Gasteiger charge is 2.06. The Morgan fingerprint density at radius 2 is 1.91 bits per heavy atom. The van der Waals surface area contributed by atoms with Crippen LogP contribution in [-0.4, -0.2) is 12.5 Å². The van der Waals surface area contributed by atoms with E-state index in [0.717, 1.165) is 11.3 Å². The van der Waals surface area contributed by atoms with Gasteiger partial charge in [-0.2, -0.15) is 5.26 Å². The van der Waals surface area contributed by atoms with Crippen molar-refractivity contribution < 1.29 is 4.79 Å². The van der Waals surface area contributed by atoms with E-state index in [0.29, 0.717) is 24.2 Å². The van der Waals surface area contributed by atoms with Crippen LogP contribution in [0.2, 0.25) is 0 Å². The molecule has 0 aliphatic carbocycles. The van der Waals surface area contributed by atoms with Gasteiger partial charge in [0.15, 0.2) is 0 Å². The van der Waals surface area contributed by atoms with Crippen molar-refractivity contribution >= 4 is 17.3 Å². The second-order valence-electron chi connectivity index (χ2n) is 5.20. The average Bonchev–Trinajstić information content (AvgIpc) is 2.51. The number of nitrogens with one attached hydrogen (secondary N) is 2. The highest BCUT2D eigenvalue weighted by molar-refractivity contribution is 5.92. The van der Waals surface area contributed by atoms with Crippen molar-refractivity contribution in [3.63, 3.8) is 0 Å². The highest BCUT2D eigenvalue weighted by Crippen LogP contribution is 2.17. The number of benzene rings is 2. The molecule has 0 radical (unpaired) electrons. The molecule has 0 heterocycles. The van der Waals surface area contributed by atoms with Crippen LogP contribution in [-0.2, 0) is 4.79 Å². The molecular formula is C18H19N3O. The van der Waals surface area contributed by atoms with Gasteiger partial charge in [-0.3, -0.25) is 4.79 Å². The molecule has 2 N–H and O–H groups in total. The molecule has 22 heavy (non-hydrogen) atoms. The number of anilines is 2. The topological polar surface area (TPSA) is 64.9 Å². The Morgan fingerprint density at radius 3 is 2.68 bits per heavy atom. The lowest BCUT2D eigenvalue weighted by Crippen LogP contribution is -2.17. The van der Waals surface area contributed by atoms with Crippen LogP contribution in [0.4, 0.5) is 11.4 Å². The number of nitriles is 1. The lowest BCUT2D eigenvalue weighted by atomic mass is 10.1. The van der Waals surface area contributed by atoms with Gasteiger partial charge >= 0.3 is 0 Å². The predicted molar refractivity (Wildman–Crippen MR) is 88.8 cm³/mol. The molecule has 0 saturated heterocycles. The number of carbonyl (C=O) groups excluding carboxylic acids is 1. The van der Waals surface area contributed by atoms with Crippen LogP contribution in [0.15, 0.2) is 42.5 Å². The summed E-state index contributed by atoms with van der Waals surface area (Å²) in [6, 6.07) is 15.2. The van der Waals surface area contributed by atoms with Crippen LogP contribution in [0.25, 0.3) is 0 Å². The van der Waals surface area contributed by atoms with Crippen molar-refractivity contribution in [1.82, 2.24) is 0 Å². The summed E-state index contributed by atoms with van der Waals surface area (Å²) in [5.74, 6) is -0.111. The van der Waals surface area contributed by atoms with Crippen LogP contribution in [0.5, 0.6) is 0 Å². The molecule has 4 heteroatoms. The van der Waals surface area contributed by atoms with E-state index in [9.17, 15) is 4.79 Å². The molecule has 0 saturated carbocycles. The van der Waals surface area contributed by atoms with Gasteiger partial charge in [-0.25, -0.2) is 0 Å². The number of para-hydroxylation sites is 1. The maximum Gasteiger partial charge on any atom is 0.226 e. The first-order valence-electron chi connectivity index (χ1n) is 7.20. The Labute approximate surface area is 130 Å². The normalized spacial score (nSPS) is 9.86. The fraction of sp³-hybridized carbons (Fsp3) is 0.222. The Hall–Kier alpha value is -2.80. The lowest BCUT2D eigenvalue weighted by Gasteiger charge is -2.11. The zero-order valence-corrected chi connectivity index (χ0v) is 12.8. The van der Waals surface area contributed by atoms with E-state index < -0.39 is 0 Å². The Morgan fingerprint density at radius 1 is 1.14 bits per heavy atom. The quantitative estimate of drug-likeness (QED) is 0.885. The second kappa shape index (κ2) is 7.28. The fourth-order valence-electron chi connectivity index (χ4n) is 2.14. The van der Waals surface area contributed by atoms with Gasteiger partial charge in [0, 0.05) is 18.7 Å². The Balaban J connectivity index is 1.88. The number of amides is 1. The van der Waals surface area contributed by atoms with Gasteiger partial charge in [0.25, 0.3) is 0 Å². The van der Waals surface area contributed by atoms with E-state index in [2.05, 4.69) is 34.9 Å². The zero-order valence-electron chi connectivity index (χ0n) is 12.8. The summed E-state index contributed by atoms with van der Waals surface area (Å²) < 4.78 is 0. The number of hydrogen-bond donors (Lipinski definition) is 2. The predicted octanol–water partition coefficient (Wildman–Crippen LogP) is 3.62. The third kappa shape index (κ3) is 4.10. The Bertz CT molecular complexity index is 717. The van der Waals surface area contributed by atoms with Crippen LogP contribution < -0.4 is 10.6 Å². The molecule has 0 spiro atoms. The first-order chi connectivity index (χ1) is 10.6. The third-order valence-electron chi connectivity index (χ3n) is 3.38. The van der Waals surface area contributed by atoms with Crippen molar-refractivity contribution in [2.75, 3.05) is 17.2 Å². The van der Waals surface area contributed by atoms with Gasteiger partial charge in [-0.1, -0.05) is 24.3 Å². The zero-order chi connectivity index (χ0) is 15.9. The largest absolute Gasteiger partial charge is 0.384 e. The summed E-state index contributed by atoms with van der Waals surface area (Å²) >= 11 is 0. The molecule has 112 valence electrons. The summed E-state index contributed by atoms with van der Waals surface area (Å²) in [5, 5.41) is 15.0. The lowest BCUT2D eigenvalue weighted by molar-refractivity contribution is -0.115. The summed E-state index contributed by atoms with van der Waals surface area (Å²) in [6.07, 6.45) is 0.340. The van der Waals surface area contributed by atoms with Crippen LogP contribution >= 0.6 is 0 Å². The number of aryl methyl sites for hydroxylation is 2. The van der Waals surface area contributed by atoms with E-state index in [-0.39, 0.29) is 5.91 Å². The van der Waals surface area contributed by atoms with Crippen molar-refractivity contribution in [3.05, 3.63) is 59.2 Å². The molecule has 0 fully saturated rings. The maximum absolute atomic E-state index is 12.0. The molecule has 2 aromatic carbocycles. The molecule has 0 atom stereocenters. The number of hydrogen-bond acceptors (Lipinski definition) is 3. The third-order valence-corrected chi connectivity index (χ3v) is 3.38.